The van der Waals surface area contributed by atoms with Gasteiger partial charge in [0, 0.05) is 42.4 Å². The maximum Gasteiger partial charge on any atom is 0.220 e. The van der Waals surface area contributed by atoms with Gasteiger partial charge >= 0.3 is 0 Å². The van der Waals surface area contributed by atoms with Crippen molar-refractivity contribution >= 4 is 23.2 Å². The van der Waals surface area contributed by atoms with Crippen molar-refractivity contribution in [3.8, 4) is 22.4 Å². The van der Waals surface area contributed by atoms with Crippen LogP contribution in [0.4, 0.5) is 0 Å². The van der Waals surface area contributed by atoms with Gasteiger partial charge in [0.05, 0.1) is 18.0 Å². The summed E-state index contributed by atoms with van der Waals surface area (Å²) in [6.07, 6.45) is 2.98. The summed E-state index contributed by atoms with van der Waals surface area (Å²) in [7, 11) is 1.62. The molecule has 1 N–H and O–H groups in total. The number of pyridine rings is 1. The van der Waals surface area contributed by atoms with Crippen LogP contribution in [0.15, 0.2) is 72.9 Å². The van der Waals surface area contributed by atoms with E-state index in [4.69, 9.17) is 21.3 Å². The highest BCUT2D eigenvalue weighted by atomic mass is 35.5. The smallest absolute Gasteiger partial charge is 0.220 e. The van der Waals surface area contributed by atoms with Crippen LogP contribution in [0.1, 0.15) is 12.1 Å². The average Bonchev–Trinajstić information content (AvgIpc) is 3.16. The largest absolute Gasteiger partial charge is 0.383 e. The van der Waals surface area contributed by atoms with Gasteiger partial charge in [-0.2, -0.15) is 0 Å². The van der Waals surface area contributed by atoms with Gasteiger partial charge in [0.25, 0.3) is 0 Å². The zero-order valence-corrected chi connectivity index (χ0v) is 18.1. The van der Waals surface area contributed by atoms with E-state index >= 15 is 0 Å². The molecule has 4 aromatic rings. The summed E-state index contributed by atoms with van der Waals surface area (Å²) in [6, 6.07) is 21.9. The van der Waals surface area contributed by atoms with E-state index in [1.807, 2.05) is 72.9 Å². The van der Waals surface area contributed by atoms with Crippen LogP contribution >= 0.6 is 11.6 Å². The molecule has 1 amide bonds. The van der Waals surface area contributed by atoms with Gasteiger partial charge in [0.2, 0.25) is 5.91 Å². The van der Waals surface area contributed by atoms with Crippen molar-refractivity contribution in [2.75, 3.05) is 20.3 Å². The molecule has 0 aliphatic heterocycles. The molecule has 158 valence electrons. The van der Waals surface area contributed by atoms with Crippen molar-refractivity contribution in [2.24, 2.45) is 0 Å². The topological polar surface area (TPSA) is 55.6 Å². The molecule has 0 bridgehead atoms. The maximum atomic E-state index is 12.3. The molecule has 31 heavy (non-hydrogen) atoms. The standard InChI is InChI=1S/C25H24ClN3O2/c1-31-16-15-27-24(30)14-12-22-25(18-7-3-2-4-8-18)28-23-13-11-19(17-29(22)23)20-9-5-6-10-21(20)26/h2-11,13,17H,12,14-16H2,1H3,(H,27,30). The molecule has 0 spiro atoms. The molecule has 0 fully saturated rings. The first-order chi connectivity index (χ1) is 15.2. The van der Waals surface area contributed by atoms with Crippen molar-refractivity contribution in [1.82, 2.24) is 14.7 Å². The number of carbonyl (C=O) groups is 1. The number of ether oxygens (including phenoxy) is 1. The fourth-order valence-corrected chi connectivity index (χ4v) is 3.87. The molecular formula is C25H24ClN3O2. The molecule has 2 aromatic carbocycles. The Morgan fingerprint density at radius 1 is 1.03 bits per heavy atom. The minimum absolute atomic E-state index is 0.00623. The van der Waals surface area contributed by atoms with Gasteiger partial charge in [0.1, 0.15) is 5.65 Å². The summed E-state index contributed by atoms with van der Waals surface area (Å²) < 4.78 is 7.08. The van der Waals surface area contributed by atoms with E-state index in [9.17, 15) is 4.79 Å². The Hall–Kier alpha value is -3.15. The second-order valence-electron chi connectivity index (χ2n) is 7.24. The summed E-state index contributed by atoms with van der Waals surface area (Å²) in [5.74, 6) is -0.00623. The summed E-state index contributed by atoms with van der Waals surface area (Å²) >= 11 is 6.43. The van der Waals surface area contributed by atoms with E-state index in [-0.39, 0.29) is 5.91 Å². The normalized spacial score (nSPS) is 11.0. The first-order valence-corrected chi connectivity index (χ1v) is 10.6. The average molecular weight is 434 g/mol. The van der Waals surface area contributed by atoms with E-state index in [0.29, 0.717) is 31.0 Å². The van der Waals surface area contributed by atoms with Crippen LogP contribution < -0.4 is 5.32 Å². The van der Waals surface area contributed by atoms with Crippen LogP contribution in [-0.2, 0) is 16.0 Å². The van der Waals surface area contributed by atoms with Gasteiger partial charge in [-0.05, 0) is 30.2 Å². The molecule has 6 heteroatoms. The van der Waals surface area contributed by atoms with Gasteiger partial charge < -0.3 is 14.5 Å². The molecule has 0 atom stereocenters. The van der Waals surface area contributed by atoms with Crippen molar-refractivity contribution in [1.29, 1.82) is 0 Å². The number of amides is 1. The van der Waals surface area contributed by atoms with Crippen molar-refractivity contribution in [3.05, 3.63) is 83.6 Å². The third-order valence-corrected chi connectivity index (χ3v) is 5.50. The molecule has 5 nitrogen and oxygen atoms in total. The number of nitrogens with zero attached hydrogens (tertiary/aromatic N) is 2. The van der Waals surface area contributed by atoms with Gasteiger partial charge in [-0.3, -0.25) is 4.79 Å². The Labute approximate surface area is 186 Å². The zero-order chi connectivity index (χ0) is 21.6. The SMILES string of the molecule is COCCNC(=O)CCc1c(-c2ccccc2)nc2ccc(-c3ccccc3Cl)cn12. The summed E-state index contributed by atoms with van der Waals surface area (Å²) in [5, 5.41) is 3.59. The maximum absolute atomic E-state index is 12.3. The van der Waals surface area contributed by atoms with Gasteiger partial charge in [0.15, 0.2) is 0 Å². The van der Waals surface area contributed by atoms with Gasteiger partial charge in [-0.15, -0.1) is 0 Å². The Morgan fingerprint density at radius 2 is 1.81 bits per heavy atom. The minimum Gasteiger partial charge on any atom is -0.383 e. The number of hydrogen-bond acceptors (Lipinski definition) is 3. The van der Waals surface area contributed by atoms with Crippen molar-refractivity contribution in [2.45, 2.75) is 12.8 Å². The predicted octanol–water partition coefficient (Wildman–Crippen LogP) is 5.02. The lowest BCUT2D eigenvalue weighted by molar-refractivity contribution is -0.121. The number of nitrogens with one attached hydrogen (secondary N) is 1. The summed E-state index contributed by atoms with van der Waals surface area (Å²) in [4.78, 5) is 17.2. The molecular weight excluding hydrogens is 410 g/mol. The van der Waals surface area contributed by atoms with Crippen LogP contribution in [0, 0.1) is 0 Å². The lowest BCUT2D eigenvalue weighted by atomic mass is 10.1. The highest BCUT2D eigenvalue weighted by Gasteiger charge is 2.16. The number of methoxy groups -OCH3 is 1. The van der Waals surface area contributed by atoms with Crippen LogP contribution in [0.25, 0.3) is 28.0 Å². The Bertz CT molecular complexity index is 1190. The molecule has 0 saturated carbocycles. The third-order valence-electron chi connectivity index (χ3n) is 5.17. The van der Waals surface area contributed by atoms with Crippen molar-refractivity contribution in [3.63, 3.8) is 0 Å². The number of aromatic nitrogens is 2. The zero-order valence-electron chi connectivity index (χ0n) is 17.3. The van der Waals surface area contributed by atoms with Crippen LogP contribution in [0.5, 0.6) is 0 Å². The summed E-state index contributed by atoms with van der Waals surface area (Å²) in [6.45, 7) is 1.00. The van der Waals surface area contributed by atoms with E-state index in [1.54, 1.807) is 7.11 Å². The van der Waals surface area contributed by atoms with Gasteiger partial charge in [-0.25, -0.2) is 4.98 Å². The molecule has 2 heterocycles. The summed E-state index contributed by atoms with van der Waals surface area (Å²) in [5.41, 5.74) is 5.72. The molecule has 0 aliphatic rings. The van der Waals surface area contributed by atoms with E-state index < -0.39 is 0 Å². The predicted molar refractivity (Wildman–Crippen MR) is 124 cm³/mol. The van der Waals surface area contributed by atoms with Gasteiger partial charge in [-0.1, -0.05) is 60.1 Å². The van der Waals surface area contributed by atoms with Crippen molar-refractivity contribution < 1.29 is 9.53 Å². The molecule has 0 radical (unpaired) electrons. The molecule has 0 unspecified atom stereocenters. The number of rotatable bonds is 8. The lowest BCUT2D eigenvalue weighted by Crippen LogP contribution is -2.27. The second-order valence-corrected chi connectivity index (χ2v) is 7.65. The monoisotopic (exact) mass is 433 g/mol. The van der Waals surface area contributed by atoms with Crippen LogP contribution in [0.3, 0.4) is 0 Å². The number of hydrogen-bond donors (Lipinski definition) is 1. The van der Waals surface area contributed by atoms with E-state index in [2.05, 4.69) is 9.72 Å². The Morgan fingerprint density at radius 3 is 2.58 bits per heavy atom. The van der Waals surface area contributed by atoms with E-state index in [1.165, 1.54) is 0 Å². The Balaban J connectivity index is 1.73. The highest BCUT2D eigenvalue weighted by Crippen LogP contribution is 2.31. The third kappa shape index (κ3) is 4.79. The minimum atomic E-state index is -0.00623. The second kappa shape index (κ2) is 9.77. The molecule has 2 aromatic heterocycles. The quantitative estimate of drug-likeness (QED) is 0.397. The van der Waals surface area contributed by atoms with Crippen LogP contribution in [-0.4, -0.2) is 35.6 Å². The van der Waals surface area contributed by atoms with E-state index in [0.717, 1.165) is 33.7 Å². The van der Waals surface area contributed by atoms with Crippen LogP contribution in [0.2, 0.25) is 5.02 Å². The number of halogens is 1. The number of fused-ring (bicyclic) bond motifs is 1. The number of aryl methyl sites for hydroxylation is 1. The molecule has 0 aliphatic carbocycles. The fraction of sp³-hybridized carbons (Fsp3) is 0.200. The molecule has 0 saturated heterocycles. The number of benzene rings is 2. The Kier molecular flexibility index (Phi) is 6.65. The lowest BCUT2D eigenvalue weighted by Gasteiger charge is -2.09. The first kappa shape index (κ1) is 21.1. The molecule has 4 rings (SSSR count). The first-order valence-electron chi connectivity index (χ1n) is 10.2. The number of imidazole rings is 1. The fourth-order valence-electron chi connectivity index (χ4n) is 3.63. The highest BCUT2D eigenvalue weighted by molar-refractivity contribution is 6.33. The number of carbonyl (C=O) groups excluding carboxylic acids is 1.